The fourth-order valence-electron chi connectivity index (χ4n) is 2.25. The summed E-state index contributed by atoms with van der Waals surface area (Å²) in [6.07, 6.45) is 1.16. The Hall–Kier alpha value is -1.32. The zero-order chi connectivity index (χ0) is 12.8. The summed E-state index contributed by atoms with van der Waals surface area (Å²) in [4.78, 5) is 0. The number of para-hydroxylation sites is 1. The van der Waals surface area contributed by atoms with Crippen molar-refractivity contribution in [3.63, 3.8) is 0 Å². The van der Waals surface area contributed by atoms with Crippen molar-refractivity contribution < 1.29 is 4.74 Å². The lowest BCUT2D eigenvalue weighted by Gasteiger charge is -2.10. The van der Waals surface area contributed by atoms with Crippen molar-refractivity contribution >= 4 is 10.9 Å². The van der Waals surface area contributed by atoms with Gasteiger partial charge in [0.05, 0.1) is 6.61 Å². The van der Waals surface area contributed by atoms with Crippen molar-refractivity contribution in [3.8, 4) is 0 Å². The molecule has 98 valence electrons. The maximum Gasteiger partial charge on any atom is 0.0642 e. The third-order valence-electron chi connectivity index (χ3n) is 3.15. The van der Waals surface area contributed by atoms with Crippen LogP contribution in [0.3, 0.4) is 0 Å². The normalized spacial score (nSPS) is 11.2. The summed E-state index contributed by atoms with van der Waals surface area (Å²) in [7, 11) is 1.75. The van der Waals surface area contributed by atoms with E-state index in [9.17, 15) is 0 Å². The van der Waals surface area contributed by atoms with Crippen LogP contribution in [0.5, 0.6) is 0 Å². The van der Waals surface area contributed by atoms with Crippen LogP contribution in [0.15, 0.2) is 30.3 Å². The standard InChI is InChI=1S/C15H22N2O/c1-3-8-16-12-14-11-13-6-4-5-7-15(13)17(14)9-10-18-2/h4-7,11,16H,3,8-10,12H2,1-2H3. The second-order valence-corrected chi connectivity index (χ2v) is 4.52. The number of benzene rings is 1. The molecule has 1 heterocycles. The fraction of sp³-hybridized carbons (Fsp3) is 0.467. The first-order chi connectivity index (χ1) is 8.86. The molecule has 1 N–H and O–H groups in total. The van der Waals surface area contributed by atoms with Gasteiger partial charge in [0.15, 0.2) is 0 Å². The smallest absolute Gasteiger partial charge is 0.0642 e. The molecule has 3 nitrogen and oxygen atoms in total. The number of nitrogens with one attached hydrogen (secondary N) is 1. The van der Waals surface area contributed by atoms with Crippen LogP contribution in [0.4, 0.5) is 0 Å². The van der Waals surface area contributed by atoms with Crippen LogP contribution in [-0.2, 0) is 17.8 Å². The SMILES string of the molecule is CCCNCc1cc2ccccc2n1CCOC. The zero-order valence-corrected chi connectivity index (χ0v) is 11.3. The van der Waals surface area contributed by atoms with E-state index < -0.39 is 0 Å². The highest BCUT2D eigenvalue weighted by molar-refractivity contribution is 5.81. The summed E-state index contributed by atoms with van der Waals surface area (Å²) in [5.41, 5.74) is 2.63. The average Bonchev–Trinajstić information content (AvgIpc) is 2.74. The van der Waals surface area contributed by atoms with Gasteiger partial charge < -0.3 is 14.6 Å². The van der Waals surface area contributed by atoms with E-state index in [4.69, 9.17) is 4.74 Å². The molecule has 0 atom stereocenters. The average molecular weight is 246 g/mol. The van der Waals surface area contributed by atoms with E-state index >= 15 is 0 Å². The van der Waals surface area contributed by atoms with E-state index in [1.807, 2.05) is 0 Å². The molecule has 2 rings (SSSR count). The van der Waals surface area contributed by atoms with Gasteiger partial charge in [-0.2, -0.15) is 0 Å². The van der Waals surface area contributed by atoms with Gasteiger partial charge in [-0.15, -0.1) is 0 Å². The predicted octanol–water partition coefficient (Wildman–Crippen LogP) is 2.79. The first-order valence-corrected chi connectivity index (χ1v) is 6.63. The Labute approximate surface area is 109 Å². The third kappa shape index (κ3) is 2.92. The van der Waals surface area contributed by atoms with Crippen LogP contribution in [0, 0.1) is 0 Å². The van der Waals surface area contributed by atoms with E-state index in [1.165, 1.54) is 16.6 Å². The van der Waals surface area contributed by atoms with Crippen LogP contribution in [-0.4, -0.2) is 24.8 Å². The Morgan fingerprint density at radius 1 is 1.28 bits per heavy atom. The van der Waals surface area contributed by atoms with E-state index in [0.717, 1.165) is 32.7 Å². The van der Waals surface area contributed by atoms with Crippen molar-refractivity contribution in [3.05, 3.63) is 36.0 Å². The Kier molecular flexibility index (Phi) is 4.79. The molecule has 1 aromatic carbocycles. The largest absolute Gasteiger partial charge is 0.383 e. The first-order valence-electron chi connectivity index (χ1n) is 6.63. The Morgan fingerprint density at radius 2 is 2.11 bits per heavy atom. The van der Waals surface area contributed by atoms with Gasteiger partial charge in [0.2, 0.25) is 0 Å². The molecule has 2 aromatic rings. The highest BCUT2D eigenvalue weighted by Crippen LogP contribution is 2.19. The van der Waals surface area contributed by atoms with E-state index in [2.05, 4.69) is 47.1 Å². The van der Waals surface area contributed by atoms with Gasteiger partial charge in [-0.1, -0.05) is 25.1 Å². The van der Waals surface area contributed by atoms with Crippen molar-refractivity contribution in [2.75, 3.05) is 20.3 Å². The Bertz CT molecular complexity index is 490. The number of hydrogen-bond acceptors (Lipinski definition) is 2. The third-order valence-corrected chi connectivity index (χ3v) is 3.15. The van der Waals surface area contributed by atoms with Crippen molar-refractivity contribution in [1.29, 1.82) is 0 Å². The minimum absolute atomic E-state index is 0.749. The van der Waals surface area contributed by atoms with Crippen LogP contribution in [0.1, 0.15) is 19.0 Å². The molecule has 0 aliphatic heterocycles. The maximum absolute atomic E-state index is 5.20. The van der Waals surface area contributed by atoms with E-state index in [-0.39, 0.29) is 0 Å². The topological polar surface area (TPSA) is 26.2 Å². The molecule has 0 spiro atoms. The summed E-state index contributed by atoms with van der Waals surface area (Å²) in [5.74, 6) is 0. The molecule has 0 radical (unpaired) electrons. The minimum Gasteiger partial charge on any atom is -0.383 e. The Balaban J connectivity index is 2.25. The summed E-state index contributed by atoms with van der Waals surface area (Å²) < 4.78 is 7.55. The first kappa shape index (κ1) is 13.1. The molecule has 0 saturated carbocycles. The highest BCUT2D eigenvalue weighted by atomic mass is 16.5. The number of rotatable bonds is 7. The Morgan fingerprint density at radius 3 is 2.89 bits per heavy atom. The molecule has 1 aromatic heterocycles. The lowest BCUT2D eigenvalue weighted by molar-refractivity contribution is 0.187. The maximum atomic E-state index is 5.20. The quantitative estimate of drug-likeness (QED) is 0.760. The van der Waals surface area contributed by atoms with Gasteiger partial charge in [0, 0.05) is 31.4 Å². The molecule has 0 unspecified atom stereocenters. The molecule has 0 amide bonds. The van der Waals surface area contributed by atoms with Crippen LogP contribution < -0.4 is 5.32 Å². The van der Waals surface area contributed by atoms with Gasteiger partial charge in [-0.05, 0) is 30.5 Å². The van der Waals surface area contributed by atoms with Crippen molar-refractivity contribution in [2.45, 2.75) is 26.4 Å². The van der Waals surface area contributed by atoms with E-state index in [0.29, 0.717) is 0 Å². The van der Waals surface area contributed by atoms with Gasteiger partial charge in [-0.3, -0.25) is 0 Å². The molecule has 18 heavy (non-hydrogen) atoms. The van der Waals surface area contributed by atoms with Gasteiger partial charge in [0.1, 0.15) is 0 Å². The number of hydrogen-bond donors (Lipinski definition) is 1. The summed E-state index contributed by atoms with van der Waals surface area (Å²) in [6.45, 7) is 5.83. The minimum atomic E-state index is 0.749. The summed E-state index contributed by atoms with van der Waals surface area (Å²) >= 11 is 0. The zero-order valence-electron chi connectivity index (χ0n) is 11.3. The van der Waals surface area contributed by atoms with Crippen LogP contribution in [0.2, 0.25) is 0 Å². The van der Waals surface area contributed by atoms with E-state index in [1.54, 1.807) is 7.11 Å². The summed E-state index contributed by atoms with van der Waals surface area (Å²) in [5, 5.41) is 4.77. The van der Waals surface area contributed by atoms with Crippen LogP contribution >= 0.6 is 0 Å². The molecule has 3 heteroatoms. The summed E-state index contributed by atoms with van der Waals surface area (Å²) in [6, 6.07) is 10.8. The molecule has 0 fully saturated rings. The molecular weight excluding hydrogens is 224 g/mol. The number of methoxy groups -OCH3 is 1. The predicted molar refractivity (Wildman–Crippen MR) is 75.8 cm³/mol. The van der Waals surface area contributed by atoms with Gasteiger partial charge in [0.25, 0.3) is 0 Å². The fourth-order valence-corrected chi connectivity index (χ4v) is 2.25. The van der Waals surface area contributed by atoms with Gasteiger partial charge >= 0.3 is 0 Å². The molecule has 0 saturated heterocycles. The van der Waals surface area contributed by atoms with Gasteiger partial charge in [-0.25, -0.2) is 0 Å². The van der Waals surface area contributed by atoms with Crippen LogP contribution in [0.25, 0.3) is 10.9 Å². The molecular formula is C15H22N2O. The lowest BCUT2D eigenvalue weighted by atomic mass is 10.2. The second-order valence-electron chi connectivity index (χ2n) is 4.52. The highest BCUT2D eigenvalue weighted by Gasteiger charge is 2.07. The molecule has 0 aliphatic carbocycles. The van der Waals surface area contributed by atoms with Crippen molar-refractivity contribution in [1.82, 2.24) is 9.88 Å². The second kappa shape index (κ2) is 6.57. The van der Waals surface area contributed by atoms with Crippen molar-refractivity contribution in [2.24, 2.45) is 0 Å². The number of nitrogens with zero attached hydrogens (tertiary/aromatic N) is 1. The number of ether oxygens (including phenoxy) is 1. The number of fused-ring (bicyclic) bond motifs is 1. The lowest BCUT2D eigenvalue weighted by Crippen LogP contribution is -2.17. The monoisotopic (exact) mass is 246 g/mol. The number of aromatic nitrogens is 1. The molecule has 0 aliphatic rings. The molecule has 0 bridgehead atoms.